The first kappa shape index (κ1) is 36.1. The van der Waals surface area contributed by atoms with Gasteiger partial charge >= 0.3 is 6.09 Å². The molecule has 0 heterocycles. The molecule has 0 radical (unpaired) electrons. The Morgan fingerprint density at radius 2 is 1.07 bits per heavy atom. The topological polar surface area (TPSA) is 136 Å². The number of carbonyl (C=O) groups excluding carboxylic acids is 1. The average Bonchev–Trinajstić information content (AvgIpc) is 2.59. The van der Waals surface area contributed by atoms with Gasteiger partial charge in [0.05, 0.1) is 72.7 Å². The Kier molecular flexibility index (Phi) is 34.4. The number of carbonyl (C=O) groups is 1. The Labute approximate surface area is 188 Å². The zero-order valence-corrected chi connectivity index (χ0v) is 19.6. The molecule has 11 heteroatoms. The van der Waals surface area contributed by atoms with Gasteiger partial charge in [-0.25, -0.2) is 4.79 Å². The van der Waals surface area contributed by atoms with Gasteiger partial charge in [0.25, 0.3) is 0 Å². The largest absolute Gasteiger partial charge is 0.444 e. The number of rotatable bonds is 15. The van der Waals surface area contributed by atoms with E-state index in [9.17, 15) is 4.79 Å². The van der Waals surface area contributed by atoms with E-state index in [1.807, 2.05) is 20.8 Å². The molecule has 0 aliphatic rings. The number of aliphatic hydroxyl groups is 3. The summed E-state index contributed by atoms with van der Waals surface area (Å²) in [5, 5.41) is 27.5. The summed E-state index contributed by atoms with van der Waals surface area (Å²) in [5.74, 6) is 0. The Morgan fingerprint density at radius 3 is 1.38 bits per heavy atom. The molecule has 0 saturated carbocycles. The summed E-state index contributed by atoms with van der Waals surface area (Å²) in [6.45, 7) is 9.16. The quantitative estimate of drug-likeness (QED) is 0.133. The van der Waals surface area contributed by atoms with E-state index in [1.54, 1.807) is 0 Å². The van der Waals surface area contributed by atoms with E-state index in [0.29, 0.717) is 59.4 Å². The molecule has 0 spiro atoms. The first-order valence-corrected chi connectivity index (χ1v) is 8.97. The minimum absolute atomic E-state index is 0. The molecule has 0 saturated heterocycles. The molecule has 10 nitrogen and oxygen atoms in total. The number of amides is 1. The van der Waals surface area contributed by atoms with E-state index < -0.39 is 11.7 Å². The van der Waals surface area contributed by atoms with Crippen LogP contribution in [-0.4, -0.2) is 106 Å². The van der Waals surface area contributed by atoms with E-state index in [4.69, 9.17) is 39.0 Å². The number of hydrogen-bond acceptors (Lipinski definition) is 9. The van der Waals surface area contributed by atoms with Crippen LogP contribution >= 0.6 is 0 Å². The van der Waals surface area contributed by atoms with Gasteiger partial charge in [0.15, 0.2) is 0 Å². The van der Waals surface area contributed by atoms with E-state index in [0.717, 1.165) is 0 Å². The second-order valence-corrected chi connectivity index (χ2v) is 6.05. The van der Waals surface area contributed by atoms with Crippen LogP contribution in [0.2, 0.25) is 0 Å². The molecule has 182 valence electrons. The summed E-state index contributed by atoms with van der Waals surface area (Å²) in [7, 11) is 0. The van der Waals surface area contributed by atoms with Crippen molar-refractivity contribution < 1.29 is 64.2 Å². The molecule has 29 heavy (non-hydrogen) atoms. The van der Waals surface area contributed by atoms with Crippen LogP contribution in [0.25, 0.3) is 0 Å². The third-order valence-electron chi connectivity index (χ3n) is 2.37. The standard InChI is InChI=1S/C11H23NO5.C6H14O4.CH3.Pd/c1-11(2,3)17-10(14)12-4-6-15-8-9-16-7-5-13;7-1-3-9-5-6-10-4-2-8;;/h13H,4-9H2,1-3H3,(H,12,14);7-8H,1-6H2;1H3;/q;;-1;. The fraction of sp³-hybridized carbons (Fsp3) is 0.889. The van der Waals surface area contributed by atoms with Gasteiger partial charge in [-0.05, 0) is 20.8 Å². The molecular formula is C18H40NO9Pd-. The number of nitrogens with one attached hydrogen (secondary N) is 1. The maximum Gasteiger partial charge on any atom is 0.407 e. The van der Waals surface area contributed by atoms with Gasteiger partial charge < -0.3 is 51.7 Å². The van der Waals surface area contributed by atoms with Crippen LogP contribution in [0.4, 0.5) is 4.79 Å². The van der Waals surface area contributed by atoms with Crippen molar-refractivity contribution >= 4 is 6.09 Å². The van der Waals surface area contributed by atoms with E-state index in [1.165, 1.54) is 0 Å². The van der Waals surface area contributed by atoms with E-state index in [-0.39, 0.29) is 47.7 Å². The van der Waals surface area contributed by atoms with Gasteiger partial charge in [-0.15, -0.1) is 0 Å². The van der Waals surface area contributed by atoms with Crippen LogP contribution in [-0.2, 0) is 44.1 Å². The molecule has 0 aliphatic carbocycles. The third-order valence-corrected chi connectivity index (χ3v) is 2.37. The number of ether oxygens (including phenoxy) is 5. The second-order valence-electron chi connectivity index (χ2n) is 6.05. The molecule has 0 atom stereocenters. The van der Waals surface area contributed by atoms with Crippen molar-refractivity contribution in [2.45, 2.75) is 26.4 Å². The molecular weight excluding hydrogens is 481 g/mol. The maximum atomic E-state index is 11.2. The van der Waals surface area contributed by atoms with Crippen LogP contribution in [0.1, 0.15) is 20.8 Å². The molecule has 0 aromatic heterocycles. The molecule has 4 N–H and O–H groups in total. The minimum Gasteiger partial charge on any atom is -0.444 e. The van der Waals surface area contributed by atoms with Crippen molar-refractivity contribution in [1.82, 2.24) is 5.32 Å². The van der Waals surface area contributed by atoms with Crippen LogP contribution < -0.4 is 5.32 Å². The molecule has 1 amide bonds. The molecule has 0 aliphatic heterocycles. The van der Waals surface area contributed by atoms with Crippen molar-refractivity contribution in [3.05, 3.63) is 7.43 Å². The van der Waals surface area contributed by atoms with Gasteiger partial charge in [0, 0.05) is 27.0 Å². The molecule has 0 rings (SSSR count). The fourth-order valence-corrected chi connectivity index (χ4v) is 1.38. The SMILES string of the molecule is CC(C)(C)OC(=O)NCCOCCOCCO.OCCOCCOCCO.[CH3-].[Pd]. The average molecular weight is 521 g/mol. The third kappa shape index (κ3) is 38.8. The van der Waals surface area contributed by atoms with Crippen LogP contribution in [0.5, 0.6) is 0 Å². The van der Waals surface area contributed by atoms with Crippen LogP contribution in [0.3, 0.4) is 0 Å². The first-order valence-electron chi connectivity index (χ1n) is 8.97. The second kappa shape index (κ2) is 27.7. The van der Waals surface area contributed by atoms with Crippen LogP contribution in [0.15, 0.2) is 0 Å². The predicted octanol–water partition coefficient (Wildman–Crippen LogP) is -0.0114. The Hall–Kier alpha value is -0.348. The molecule has 0 bridgehead atoms. The zero-order valence-electron chi connectivity index (χ0n) is 18.1. The zero-order chi connectivity index (χ0) is 20.8. The van der Waals surface area contributed by atoms with Crippen LogP contribution in [0, 0.1) is 7.43 Å². The van der Waals surface area contributed by atoms with Gasteiger partial charge in [0.1, 0.15) is 5.60 Å². The Bertz CT molecular complexity index is 310. The van der Waals surface area contributed by atoms with Gasteiger partial charge in [0.2, 0.25) is 0 Å². The summed E-state index contributed by atoms with van der Waals surface area (Å²) in [6.07, 6.45) is -0.447. The Morgan fingerprint density at radius 1 is 0.724 bits per heavy atom. The normalized spacial score (nSPS) is 10.1. The monoisotopic (exact) mass is 520 g/mol. The predicted molar refractivity (Wildman–Crippen MR) is 105 cm³/mol. The first-order chi connectivity index (χ1) is 12.9. The fourth-order valence-electron chi connectivity index (χ4n) is 1.38. The smallest absolute Gasteiger partial charge is 0.407 e. The molecule has 0 aromatic rings. The summed E-state index contributed by atoms with van der Waals surface area (Å²) in [4.78, 5) is 11.2. The van der Waals surface area contributed by atoms with Crippen molar-refractivity contribution in [2.24, 2.45) is 0 Å². The number of aliphatic hydroxyl groups excluding tert-OH is 3. The summed E-state index contributed by atoms with van der Waals surface area (Å²) in [5.41, 5.74) is -0.483. The van der Waals surface area contributed by atoms with Gasteiger partial charge in [-0.1, -0.05) is 0 Å². The number of alkyl carbamates (subject to hydrolysis) is 1. The van der Waals surface area contributed by atoms with E-state index >= 15 is 0 Å². The Balaban J connectivity index is -0.000000226. The summed E-state index contributed by atoms with van der Waals surface area (Å²) >= 11 is 0. The summed E-state index contributed by atoms with van der Waals surface area (Å²) in [6, 6.07) is 0. The van der Waals surface area contributed by atoms with E-state index in [2.05, 4.69) is 5.32 Å². The molecule has 0 unspecified atom stereocenters. The number of hydrogen-bond donors (Lipinski definition) is 4. The summed E-state index contributed by atoms with van der Waals surface area (Å²) < 4.78 is 25.0. The molecule has 0 fully saturated rings. The van der Waals surface area contributed by atoms with Crippen molar-refractivity contribution in [3.8, 4) is 0 Å². The van der Waals surface area contributed by atoms with Gasteiger partial charge in [-0.3, -0.25) is 0 Å². The maximum absolute atomic E-state index is 11.2. The van der Waals surface area contributed by atoms with Gasteiger partial charge in [-0.2, -0.15) is 0 Å². The van der Waals surface area contributed by atoms with Crippen molar-refractivity contribution in [3.63, 3.8) is 0 Å². The van der Waals surface area contributed by atoms with Crippen molar-refractivity contribution in [1.29, 1.82) is 0 Å². The molecule has 0 aromatic carbocycles. The van der Waals surface area contributed by atoms with Crippen molar-refractivity contribution in [2.75, 3.05) is 79.2 Å². The minimum atomic E-state index is -0.483.